The fraction of sp³-hybridized carbons (Fsp3) is 0.269. The predicted molar refractivity (Wildman–Crippen MR) is 128 cm³/mol. The van der Waals surface area contributed by atoms with Crippen molar-refractivity contribution in [2.24, 2.45) is 0 Å². The summed E-state index contributed by atoms with van der Waals surface area (Å²) in [6.45, 7) is 2.66. The number of aromatic hydroxyl groups is 1. The highest BCUT2D eigenvalue weighted by atomic mass is 35.5. The Balaban J connectivity index is 1.64. The van der Waals surface area contributed by atoms with Crippen molar-refractivity contribution >= 4 is 29.5 Å². The molecule has 1 N–H and O–H groups in total. The number of hydrogen-bond donors (Lipinski definition) is 1. The van der Waals surface area contributed by atoms with Crippen molar-refractivity contribution in [2.45, 2.75) is 32.3 Å². The van der Waals surface area contributed by atoms with Gasteiger partial charge in [-0.25, -0.2) is 0 Å². The first kappa shape index (κ1) is 22.5. The molecule has 1 unspecified atom stereocenters. The Labute approximate surface area is 197 Å². The van der Waals surface area contributed by atoms with E-state index in [9.17, 15) is 9.90 Å². The van der Waals surface area contributed by atoms with Gasteiger partial charge in [-0.05, 0) is 66.1 Å². The number of fused-ring (bicyclic) bond motifs is 1. The lowest BCUT2D eigenvalue weighted by Gasteiger charge is -2.18. The second kappa shape index (κ2) is 9.85. The molecule has 4 rings (SSSR count). The number of alkyl halides is 1. The maximum Gasteiger partial charge on any atom is 0.153 e. The van der Waals surface area contributed by atoms with E-state index in [1.165, 1.54) is 23.3 Å². The van der Waals surface area contributed by atoms with Crippen molar-refractivity contribution in [1.82, 2.24) is 0 Å². The summed E-state index contributed by atoms with van der Waals surface area (Å²) in [6, 6.07) is 15.2. The van der Waals surface area contributed by atoms with E-state index in [1.807, 2.05) is 18.2 Å². The second-order valence-corrected chi connectivity index (χ2v) is 8.58. The van der Waals surface area contributed by atoms with E-state index in [2.05, 4.69) is 25.1 Å². The summed E-state index contributed by atoms with van der Waals surface area (Å²) >= 11 is 12.1. The minimum absolute atomic E-state index is 0.139. The van der Waals surface area contributed by atoms with Gasteiger partial charge in [0.25, 0.3) is 0 Å². The molecule has 0 aromatic heterocycles. The van der Waals surface area contributed by atoms with Gasteiger partial charge in [-0.15, -0.1) is 11.6 Å². The van der Waals surface area contributed by atoms with E-state index in [0.717, 1.165) is 41.7 Å². The van der Waals surface area contributed by atoms with Crippen LogP contribution in [0.5, 0.6) is 17.2 Å². The lowest BCUT2D eigenvalue weighted by atomic mass is 9.93. The van der Waals surface area contributed by atoms with Gasteiger partial charge in [0.2, 0.25) is 0 Å². The molecule has 3 aromatic carbocycles. The van der Waals surface area contributed by atoms with E-state index in [0.29, 0.717) is 29.5 Å². The summed E-state index contributed by atoms with van der Waals surface area (Å²) < 4.78 is 12.1. The highest BCUT2D eigenvalue weighted by molar-refractivity contribution is 6.32. The molecule has 1 aliphatic carbocycles. The largest absolute Gasteiger partial charge is 0.507 e. The number of rotatable bonds is 8. The van der Waals surface area contributed by atoms with Gasteiger partial charge in [0, 0.05) is 11.9 Å². The monoisotopic (exact) mass is 470 g/mol. The number of ether oxygens (including phenoxy) is 2. The number of aldehydes is 1. The van der Waals surface area contributed by atoms with Gasteiger partial charge in [0.15, 0.2) is 6.29 Å². The van der Waals surface area contributed by atoms with Crippen LogP contribution >= 0.6 is 23.2 Å². The maximum absolute atomic E-state index is 11.0. The first-order valence-corrected chi connectivity index (χ1v) is 11.5. The van der Waals surface area contributed by atoms with Crippen LogP contribution in [-0.4, -0.2) is 23.9 Å². The number of carbonyl (C=O) groups excluding carboxylic acids is 1. The molecule has 0 spiro atoms. The minimum Gasteiger partial charge on any atom is -0.507 e. The van der Waals surface area contributed by atoms with Crippen molar-refractivity contribution in [3.05, 3.63) is 75.8 Å². The normalized spacial score (nSPS) is 14.8. The van der Waals surface area contributed by atoms with Gasteiger partial charge in [0.1, 0.15) is 23.4 Å². The van der Waals surface area contributed by atoms with Crippen molar-refractivity contribution in [3.8, 4) is 28.4 Å². The summed E-state index contributed by atoms with van der Waals surface area (Å²) in [5.74, 6) is 1.66. The molecule has 0 aliphatic heterocycles. The molecule has 0 radical (unpaired) electrons. The molecule has 32 heavy (non-hydrogen) atoms. The Morgan fingerprint density at radius 2 is 1.91 bits per heavy atom. The highest BCUT2D eigenvalue weighted by Crippen LogP contribution is 2.43. The van der Waals surface area contributed by atoms with E-state index < -0.39 is 0 Å². The molecule has 0 amide bonds. The lowest BCUT2D eigenvalue weighted by molar-refractivity contribution is 0.112. The molecule has 6 heteroatoms. The molecular formula is C26H24Cl2O4. The first-order valence-electron chi connectivity index (χ1n) is 10.6. The van der Waals surface area contributed by atoms with Crippen LogP contribution in [0.1, 0.15) is 46.0 Å². The first-order chi connectivity index (χ1) is 15.5. The highest BCUT2D eigenvalue weighted by Gasteiger charge is 2.28. The zero-order chi connectivity index (χ0) is 22.7. The zero-order valence-corrected chi connectivity index (χ0v) is 19.2. The number of hydrogen-bond acceptors (Lipinski definition) is 4. The molecule has 3 aromatic rings. The molecule has 1 atom stereocenters. The quantitative estimate of drug-likeness (QED) is 0.220. The van der Waals surface area contributed by atoms with E-state index in [1.54, 1.807) is 0 Å². The molecule has 0 saturated carbocycles. The zero-order valence-electron chi connectivity index (χ0n) is 17.7. The molecule has 0 saturated heterocycles. The van der Waals surface area contributed by atoms with Gasteiger partial charge in [-0.1, -0.05) is 41.9 Å². The third kappa shape index (κ3) is 4.43. The van der Waals surface area contributed by atoms with Gasteiger partial charge in [-0.3, -0.25) is 4.79 Å². The topological polar surface area (TPSA) is 55.8 Å². The van der Waals surface area contributed by atoms with E-state index in [-0.39, 0.29) is 17.4 Å². The van der Waals surface area contributed by atoms with Gasteiger partial charge >= 0.3 is 0 Å². The third-order valence-electron chi connectivity index (χ3n) is 5.80. The van der Waals surface area contributed by atoms with Crippen molar-refractivity contribution in [2.75, 3.05) is 12.5 Å². The van der Waals surface area contributed by atoms with Crippen LogP contribution in [0.25, 0.3) is 11.1 Å². The number of halogens is 2. The number of carbonyl (C=O) groups is 1. The summed E-state index contributed by atoms with van der Waals surface area (Å²) in [5.41, 5.74) is 5.88. The molecular weight excluding hydrogens is 447 g/mol. The van der Waals surface area contributed by atoms with Crippen LogP contribution in [0.3, 0.4) is 0 Å². The Morgan fingerprint density at radius 1 is 1.12 bits per heavy atom. The van der Waals surface area contributed by atoms with Crippen LogP contribution in [0.15, 0.2) is 48.5 Å². The molecule has 166 valence electrons. The lowest BCUT2D eigenvalue weighted by Crippen LogP contribution is -2.04. The van der Waals surface area contributed by atoms with Crippen LogP contribution in [0, 0.1) is 6.92 Å². The SMILES string of the molecule is Cc1c(OCCCCl)cccc1-c1cccc2c1CCC2Oc1cc(O)c(C=O)cc1Cl. The molecule has 1 aliphatic rings. The molecule has 0 heterocycles. The fourth-order valence-electron chi connectivity index (χ4n) is 4.19. The number of phenols is 1. The maximum atomic E-state index is 11.0. The van der Waals surface area contributed by atoms with E-state index in [4.69, 9.17) is 32.7 Å². The third-order valence-corrected chi connectivity index (χ3v) is 6.37. The number of benzene rings is 3. The van der Waals surface area contributed by atoms with Gasteiger partial charge in [0.05, 0.1) is 17.2 Å². The van der Waals surface area contributed by atoms with Crippen molar-refractivity contribution in [1.29, 1.82) is 0 Å². The smallest absolute Gasteiger partial charge is 0.153 e. The van der Waals surface area contributed by atoms with Gasteiger partial charge < -0.3 is 14.6 Å². The number of phenolic OH excluding ortho intramolecular Hbond substituents is 1. The van der Waals surface area contributed by atoms with Crippen LogP contribution in [-0.2, 0) is 6.42 Å². The summed E-state index contributed by atoms with van der Waals surface area (Å²) in [6.07, 6.45) is 2.84. The Kier molecular flexibility index (Phi) is 6.92. The average molecular weight is 471 g/mol. The van der Waals surface area contributed by atoms with Crippen LogP contribution < -0.4 is 9.47 Å². The van der Waals surface area contributed by atoms with Crippen molar-refractivity contribution in [3.63, 3.8) is 0 Å². The summed E-state index contributed by atoms with van der Waals surface area (Å²) in [7, 11) is 0. The Morgan fingerprint density at radius 3 is 2.69 bits per heavy atom. The average Bonchev–Trinajstić information content (AvgIpc) is 3.20. The van der Waals surface area contributed by atoms with Crippen molar-refractivity contribution < 1.29 is 19.4 Å². The Hall–Kier alpha value is -2.69. The molecule has 0 fully saturated rings. The summed E-state index contributed by atoms with van der Waals surface area (Å²) in [4.78, 5) is 11.0. The summed E-state index contributed by atoms with van der Waals surface area (Å²) in [5, 5.41) is 10.3. The predicted octanol–water partition coefficient (Wildman–Crippen LogP) is 6.91. The van der Waals surface area contributed by atoms with Gasteiger partial charge in [-0.2, -0.15) is 0 Å². The van der Waals surface area contributed by atoms with Crippen LogP contribution in [0.2, 0.25) is 5.02 Å². The Bertz CT molecular complexity index is 1140. The second-order valence-electron chi connectivity index (χ2n) is 7.80. The standard InChI is InChI=1S/C26H24Cl2O4/c1-16-18(5-3-8-24(16)31-12-4-11-27)19-6-2-7-21-20(19)9-10-25(21)32-26-14-23(30)17(15-29)13-22(26)28/h2-3,5-8,13-15,25,30H,4,9-12H2,1H3. The minimum atomic E-state index is -0.188. The fourth-order valence-corrected chi connectivity index (χ4v) is 4.51. The van der Waals surface area contributed by atoms with E-state index >= 15 is 0 Å². The van der Waals surface area contributed by atoms with Crippen LogP contribution in [0.4, 0.5) is 0 Å². The molecule has 0 bridgehead atoms. The molecule has 4 nitrogen and oxygen atoms in total.